The Hall–Kier alpha value is -3.46. The van der Waals surface area contributed by atoms with Crippen LogP contribution in [0.15, 0.2) is 30.6 Å². The van der Waals surface area contributed by atoms with Gasteiger partial charge in [0.15, 0.2) is 5.82 Å². The zero-order valence-corrected chi connectivity index (χ0v) is 20.0. The molecule has 0 spiro atoms. The van der Waals surface area contributed by atoms with Crippen LogP contribution in [-0.4, -0.2) is 32.1 Å². The number of nitrogens with zero attached hydrogens (tertiary/aromatic N) is 3. The summed E-state index contributed by atoms with van der Waals surface area (Å²) in [6.07, 6.45) is 11.1. The first kappa shape index (κ1) is 23.3. The highest BCUT2D eigenvalue weighted by atomic mass is 35.5. The van der Waals surface area contributed by atoms with Crippen LogP contribution < -0.4 is 10.6 Å². The number of amides is 2. The largest absolute Gasteiger partial charge is 0.349 e. The predicted octanol–water partition coefficient (Wildman–Crippen LogP) is 5.39. The minimum Gasteiger partial charge on any atom is -0.349 e. The molecule has 2 aliphatic rings. The molecule has 2 fully saturated rings. The first-order chi connectivity index (χ1) is 17.0. The van der Waals surface area contributed by atoms with Crippen molar-refractivity contribution in [2.75, 3.05) is 5.32 Å². The molecule has 3 N–H and O–H groups in total. The number of halogens is 2. The second-order valence-electron chi connectivity index (χ2n) is 9.07. The molecule has 1 atom stereocenters. The second-order valence-corrected chi connectivity index (χ2v) is 9.45. The molecule has 1 unspecified atom stereocenters. The number of carbonyl (C=O) groups excluding carboxylic acids is 2. The minimum absolute atomic E-state index is 0.00603. The molecule has 182 valence electrons. The number of rotatable bonds is 6. The van der Waals surface area contributed by atoms with Gasteiger partial charge in [-0.05, 0) is 37.5 Å². The summed E-state index contributed by atoms with van der Waals surface area (Å²) in [6.45, 7) is 1.74. The fraction of sp³-hybridized carbons (Fsp3) is 0.360. The molecule has 0 radical (unpaired) electrons. The highest BCUT2D eigenvalue weighted by Gasteiger charge is 2.29. The number of hydrogen-bond donors (Lipinski definition) is 3. The van der Waals surface area contributed by atoms with Gasteiger partial charge in [-0.2, -0.15) is 10.2 Å². The maximum Gasteiger partial charge on any atom is 0.223 e. The van der Waals surface area contributed by atoms with Crippen molar-refractivity contribution >= 4 is 46.2 Å². The number of nitrogens with one attached hydrogen (secondary N) is 3. The molecule has 8 nitrogen and oxygen atoms in total. The van der Waals surface area contributed by atoms with Crippen LogP contribution in [0.25, 0.3) is 27.5 Å². The van der Waals surface area contributed by atoms with Gasteiger partial charge in [0.2, 0.25) is 12.3 Å². The maximum atomic E-state index is 15.6. The quantitative estimate of drug-likeness (QED) is 0.311. The highest BCUT2D eigenvalue weighted by molar-refractivity contribution is 6.35. The van der Waals surface area contributed by atoms with E-state index in [0.717, 1.165) is 19.3 Å². The van der Waals surface area contributed by atoms with Crippen molar-refractivity contribution in [3.63, 3.8) is 0 Å². The summed E-state index contributed by atoms with van der Waals surface area (Å²) in [5.41, 5.74) is 2.62. The van der Waals surface area contributed by atoms with Gasteiger partial charge in [-0.15, -0.1) is 0 Å². The summed E-state index contributed by atoms with van der Waals surface area (Å²) >= 11 is 6.55. The first-order valence-electron chi connectivity index (χ1n) is 11.8. The fourth-order valence-corrected chi connectivity index (χ4v) is 4.49. The molecule has 3 heterocycles. The predicted molar refractivity (Wildman–Crippen MR) is 133 cm³/mol. The van der Waals surface area contributed by atoms with Crippen LogP contribution in [0.1, 0.15) is 57.1 Å². The lowest BCUT2D eigenvalue weighted by Gasteiger charge is -2.27. The van der Waals surface area contributed by atoms with E-state index < -0.39 is 11.9 Å². The lowest BCUT2D eigenvalue weighted by atomic mass is 9.84. The standard InChI is InChI=1S/C22H20ClFN6O2.C3H6/c1-11(27-22(32)12-3-2-4-12)17-20(24)19(23)18(15-9-26-28-21(15)17)13-5-6-30-14(7-13)8-16(29-30)25-10-31;1-2-3-1/h5-12H,2-4H2,1H3,(H,26,28)(H,27,32)(H,25,29,31);1-3H2. The molecule has 35 heavy (non-hydrogen) atoms. The van der Waals surface area contributed by atoms with Crippen molar-refractivity contribution in [1.82, 2.24) is 25.1 Å². The zero-order chi connectivity index (χ0) is 24.5. The summed E-state index contributed by atoms with van der Waals surface area (Å²) < 4.78 is 17.2. The number of fused-ring (bicyclic) bond motifs is 2. The molecule has 10 heteroatoms. The van der Waals surface area contributed by atoms with Gasteiger partial charge in [0.1, 0.15) is 5.82 Å². The van der Waals surface area contributed by atoms with Crippen molar-refractivity contribution in [2.45, 2.75) is 51.5 Å². The SMILES string of the molecule is C1CC1.CC(NC(=O)C1CCC1)c1c(F)c(Cl)c(-c2ccn3nc(NC=O)cc3c2)c2cn[nH]c12. The molecule has 6 rings (SSSR count). The Morgan fingerprint density at radius 1 is 1.29 bits per heavy atom. The average molecular weight is 497 g/mol. The van der Waals surface area contributed by atoms with Crippen LogP contribution >= 0.6 is 11.6 Å². The summed E-state index contributed by atoms with van der Waals surface area (Å²) in [4.78, 5) is 23.1. The van der Waals surface area contributed by atoms with E-state index >= 15 is 4.39 Å². The Kier molecular flexibility index (Phi) is 6.42. The van der Waals surface area contributed by atoms with Crippen LogP contribution in [0.2, 0.25) is 5.02 Å². The molecule has 0 bridgehead atoms. The van der Waals surface area contributed by atoms with Gasteiger partial charge < -0.3 is 10.6 Å². The van der Waals surface area contributed by atoms with Crippen LogP contribution in [0.5, 0.6) is 0 Å². The minimum atomic E-state index is -0.600. The Labute approximate surface area is 206 Å². The van der Waals surface area contributed by atoms with Gasteiger partial charge in [-0.1, -0.05) is 37.3 Å². The Morgan fingerprint density at radius 2 is 2.06 bits per heavy atom. The van der Waals surface area contributed by atoms with Crippen molar-refractivity contribution < 1.29 is 14.0 Å². The molecular formula is C25H26ClFN6O2. The smallest absolute Gasteiger partial charge is 0.223 e. The third-order valence-corrected chi connectivity index (χ3v) is 6.76. The van der Waals surface area contributed by atoms with Gasteiger partial charge in [0, 0.05) is 34.7 Å². The topological polar surface area (TPSA) is 104 Å². The summed E-state index contributed by atoms with van der Waals surface area (Å²) in [7, 11) is 0. The van der Waals surface area contributed by atoms with Gasteiger partial charge in [-0.3, -0.25) is 14.7 Å². The van der Waals surface area contributed by atoms with Crippen LogP contribution in [0.4, 0.5) is 10.2 Å². The summed E-state index contributed by atoms with van der Waals surface area (Å²) in [5.74, 6) is -0.277. The van der Waals surface area contributed by atoms with E-state index in [9.17, 15) is 9.59 Å². The van der Waals surface area contributed by atoms with Gasteiger partial charge in [0.25, 0.3) is 0 Å². The van der Waals surface area contributed by atoms with E-state index in [-0.39, 0.29) is 22.4 Å². The number of pyridine rings is 1. The monoisotopic (exact) mass is 496 g/mol. The molecule has 2 aliphatic carbocycles. The van der Waals surface area contributed by atoms with E-state index in [0.29, 0.717) is 39.8 Å². The lowest BCUT2D eigenvalue weighted by molar-refractivity contribution is -0.128. The number of hydrogen-bond acceptors (Lipinski definition) is 4. The number of aromatic amines is 1. The summed E-state index contributed by atoms with van der Waals surface area (Å²) in [5, 5.41) is 17.2. The molecule has 0 saturated heterocycles. The fourth-order valence-electron chi connectivity index (χ4n) is 4.18. The van der Waals surface area contributed by atoms with Crippen LogP contribution in [0, 0.1) is 11.7 Å². The Bertz CT molecular complexity index is 1410. The van der Waals surface area contributed by atoms with E-state index in [1.807, 2.05) is 0 Å². The Morgan fingerprint density at radius 3 is 2.71 bits per heavy atom. The molecule has 2 saturated carbocycles. The van der Waals surface area contributed by atoms with Crippen molar-refractivity contribution in [3.05, 3.63) is 47.0 Å². The summed E-state index contributed by atoms with van der Waals surface area (Å²) in [6, 6.07) is 4.68. The highest BCUT2D eigenvalue weighted by Crippen LogP contribution is 2.41. The molecule has 2 amide bonds. The number of carbonyl (C=O) groups is 2. The molecule has 4 aromatic rings. The molecular weight excluding hydrogens is 471 g/mol. The second kappa shape index (κ2) is 9.65. The lowest BCUT2D eigenvalue weighted by Crippen LogP contribution is -2.36. The number of anilines is 1. The van der Waals surface area contributed by atoms with Crippen molar-refractivity contribution in [3.8, 4) is 11.1 Å². The van der Waals surface area contributed by atoms with Gasteiger partial charge >= 0.3 is 0 Å². The molecule has 3 aromatic heterocycles. The van der Waals surface area contributed by atoms with Gasteiger partial charge in [0.05, 0.1) is 28.3 Å². The molecule has 0 aliphatic heterocycles. The van der Waals surface area contributed by atoms with Gasteiger partial charge in [-0.25, -0.2) is 8.91 Å². The third kappa shape index (κ3) is 4.60. The van der Waals surface area contributed by atoms with Crippen molar-refractivity contribution in [1.29, 1.82) is 0 Å². The van der Waals surface area contributed by atoms with E-state index in [2.05, 4.69) is 25.9 Å². The molecule has 1 aromatic carbocycles. The first-order valence-corrected chi connectivity index (χ1v) is 12.2. The van der Waals surface area contributed by atoms with E-state index in [1.54, 1.807) is 42.0 Å². The van der Waals surface area contributed by atoms with E-state index in [1.165, 1.54) is 19.3 Å². The van der Waals surface area contributed by atoms with Crippen LogP contribution in [-0.2, 0) is 9.59 Å². The normalized spacial score (nSPS) is 15.7. The maximum absolute atomic E-state index is 15.6. The Balaban J connectivity index is 0.000000786. The third-order valence-electron chi connectivity index (χ3n) is 6.41. The number of aromatic nitrogens is 4. The number of benzene rings is 1. The number of H-pyrrole nitrogens is 1. The average Bonchev–Trinajstić information content (AvgIpc) is 3.51. The van der Waals surface area contributed by atoms with Crippen LogP contribution in [0.3, 0.4) is 0 Å². The van der Waals surface area contributed by atoms with E-state index in [4.69, 9.17) is 11.6 Å². The van der Waals surface area contributed by atoms with Crippen molar-refractivity contribution in [2.24, 2.45) is 5.92 Å². The zero-order valence-electron chi connectivity index (χ0n) is 19.3.